The predicted molar refractivity (Wildman–Crippen MR) is 63.3 cm³/mol. The lowest BCUT2D eigenvalue weighted by molar-refractivity contribution is -0.184. The van der Waals surface area contributed by atoms with Gasteiger partial charge in [-0.15, -0.1) is 11.6 Å². The van der Waals surface area contributed by atoms with Crippen LogP contribution in [0.5, 0.6) is 0 Å². The van der Waals surface area contributed by atoms with Crippen molar-refractivity contribution in [1.82, 2.24) is 0 Å². The molecule has 15 heavy (non-hydrogen) atoms. The van der Waals surface area contributed by atoms with Crippen LogP contribution in [0.1, 0.15) is 51.9 Å². The van der Waals surface area contributed by atoms with Crippen molar-refractivity contribution in [3.8, 4) is 0 Å². The third kappa shape index (κ3) is 5.74. The SMILES string of the molecule is CCCCC[C@@H](CCl)OC1CCCCO1. The number of hydrogen-bond acceptors (Lipinski definition) is 2. The standard InChI is InChI=1S/C12H23ClO2/c1-2-3-4-7-11(10-13)15-12-8-5-6-9-14-12/h11-12H,2-10H2,1H3/t11-,12?/m0/s1. The second-order valence-corrected chi connectivity index (χ2v) is 4.51. The summed E-state index contributed by atoms with van der Waals surface area (Å²) in [7, 11) is 0. The van der Waals surface area contributed by atoms with E-state index in [-0.39, 0.29) is 12.4 Å². The molecule has 1 heterocycles. The van der Waals surface area contributed by atoms with E-state index in [4.69, 9.17) is 21.1 Å². The Hall–Kier alpha value is 0.210. The zero-order chi connectivity index (χ0) is 10.9. The molecule has 1 fully saturated rings. The molecule has 90 valence electrons. The Kier molecular flexibility index (Phi) is 7.41. The Morgan fingerprint density at radius 1 is 1.40 bits per heavy atom. The second-order valence-electron chi connectivity index (χ2n) is 4.20. The van der Waals surface area contributed by atoms with Gasteiger partial charge >= 0.3 is 0 Å². The monoisotopic (exact) mass is 234 g/mol. The first-order chi connectivity index (χ1) is 7.36. The smallest absolute Gasteiger partial charge is 0.158 e. The fourth-order valence-electron chi connectivity index (χ4n) is 1.84. The minimum absolute atomic E-state index is 0.00382. The Morgan fingerprint density at radius 3 is 2.87 bits per heavy atom. The molecule has 0 radical (unpaired) electrons. The Morgan fingerprint density at radius 2 is 2.27 bits per heavy atom. The molecule has 1 rings (SSSR count). The lowest BCUT2D eigenvalue weighted by Gasteiger charge is -2.26. The van der Waals surface area contributed by atoms with Gasteiger partial charge in [0.25, 0.3) is 0 Å². The van der Waals surface area contributed by atoms with Crippen LogP contribution in [-0.4, -0.2) is 24.9 Å². The number of alkyl halides is 1. The highest BCUT2D eigenvalue weighted by Gasteiger charge is 2.18. The zero-order valence-corrected chi connectivity index (χ0v) is 10.5. The van der Waals surface area contributed by atoms with Crippen molar-refractivity contribution in [2.75, 3.05) is 12.5 Å². The lowest BCUT2D eigenvalue weighted by atomic mass is 10.1. The van der Waals surface area contributed by atoms with Gasteiger partial charge in [-0.25, -0.2) is 0 Å². The second kappa shape index (κ2) is 8.37. The van der Waals surface area contributed by atoms with Gasteiger partial charge in [0.15, 0.2) is 6.29 Å². The molecule has 0 bridgehead atoms. The summed E-state index contributed by atoms with van der Waals surface area (Å²) in [4.78, 5) is 0. The van der Waals surface area contributed by atoms with E-state index >= 15 is 0 Å². The van der Waals surface area contributed by atoms with Crippen molar-refractivity contribution >= 4 is 11.6 Å². The van der Waals surface area contributed by atoms with E-state index < -0.39 is 0 Å². The average molecular weight is 235 g/mol. The van der Waals surface area contributed by atoms with Gasteiger partial charge in [0.2, 0.25) is 0 Å². The molecule has 1 unspecified atom stereocenters. The van der Waals surface area contributed by atoms with Crippen molar-refractivity contribution in [2.45, 2.75) is 64.3 Å². The minimum Gasteiger partial charge on any atom is -0.353 e. The predicted octanol–water partition coefficient (Wildman–Crippen LogP) is 3.72. The van der Waals surface area contributed by atoms with E-state index in [0.29, 0.717) is 5.88 Å². The topological polar surface area (TPSA) is 18.5 Å². The molecule has 0 aliphatic carbocycles. The number of rotatable bonds is 7. The molecule has 0 aromatic carbocycles. The van der Waals surface area contributed by atoms with Crippen LogP contribution >= 0.6 is 11.6 Å². The molecule has 0 N–H and O–H groups in total. The van der Waals surface area contributed by atoms with Gasteiger partial charge in [0.05, 0.1) is 6.10 Å². The van der Waals surface area contributed by atoms with E-state index in [1.54, 1.807) is 0 Å². The third-order valence-electron chi connectivity index (χ3n) is 2.78. The number of hydrogen-bond donors (Lipinski definition) is 0. The van der Waals surface area contributed by atoms with Crippen LogP contribution in [0.2, 0.25) is 0 Å². The van der Waals surface area contributed by atoms with Crippen LogP contribution in [-0.2, 0) is 9.47 Å². The fraction of sp³-hybridized carbons (Fsp3) is 1.00. The maximum absolute atomic E-state index is 5.89. The summed E-state index contributed by atoms with van der Waals surface area (Å²) in [6.07, 6.45) is 8.39. The zero-order valence-electron chi connectivity index (χ0n) is 9.71. The normalized spacial score (nSPS) is 24.0. The molecule has 0 amide bonds. The van der Waals surface area contributed by atoms with Crippen molar-refractivity contribution in [1.29, 1.82) is 0 Å². The van der Waals surface area contributed by atoms with E-state index in [0.717, 1.165) is 19.4 Å². The first-order valence-electron chi connectivity index (χ1n) is 6.19. The van der Waals surface area contributed by atoms with E-state index in [2.05, 4.69) is 6.92 Å². The maximum Gasteiger partial charge on any atom is 0.158 e. The van der Waals surface area contributed by atoms with Gasteiger partial charge < -0.3 is 9.47 Å². The van der Waals surface area contributed by atoms with E-state index in [1.807, 2.05) is 0 Å². The molecular weight excluding hydrogens is 212 g/mol. The molecule has 1 aliphatic rings. The molecular formula is C12H23ClO2. The Balaban J connectivity index is 2.13. The van der Waals surface area contributed by atoms with Crippen molar-refractivity contribution in [3.63, 3.8) is 0 Å². The van der Waals surface area contributed by atoms with Gasteiger partial charge in [-0.2, -0.15) is 0 Å². The van der Waals surface area contributed by atoms with E-state index in [1.165, 1.54) is 32.1 Å². The largest absolute Gasteiger partial charge is 0.353 e. The van der Waals surface area contributed by atoms with Gasteiger partial charge in [-0.3, -0.25) is 0 Å². The average Bonchev–Trinajstić information content (AvgIpc) is 2.29. The third-order valence-corrected chi connectivity index (χ3v) is 3.13. The molecule has 1 aliphatic heterocycles. The molecule has 0 aromatic rings. The van der Waals surface area contributed by atoms with Gasteiger partial charge in [-0.1, -0.05) is 26.2 Å². The molecule has 1 saturated heterocycles. The van der Waals surface area contributed by atoms with Gasteiger partial charge in [-0.05, 0) is 25.7 Å². The number of ether oxygens (including phenoxy) is 2. The summed E-state index contributed by atoms with van der Waals surface area (Å²) >= 11 is 5.89. The molecule has 2 atom stereocenters. The summed E-state index contributed by atoms with van der Waals surface area (Å²) in [6.45, 7) is 3.05. The first-order valence-corrected chi connectivity index (χ1v) is 6.73. The van der Waals surface area contributed by atoms with Crippen molar-refractivity contribution in [2.24, 2.45) is 0 Å². The highest BCUT2D eigenvalue weighted by Crippen LogP contribution is 2.18. The maximum atomic E-state index is 5.89. The lowest BCUT2D eigenvalue weighted by Crippen LogP contribution is -2.28. The molecule has 0 spiro atoms. The van der Waals surface area contributed by atoms with Crippen LogP contribution in [0.4, 0.5) is 0 Å². The van der Waals surface area contributed by atoms with Gasteiger partial charge in [0.1, 0.15) is 0 Å². The molecule has 0 aromatic heterocycles. The fourth-order valence-corrected chi connectivity index (χ4v) is 2.06. The highest BCUT2D eigenvalue weighted by molar-refractivity contribution is 6.18. The molecule has 0 saturated carbocycles. The Labute approximate surface area is 98.3 Å². The van der Waals surface area contributed by atoms with Crippen LogP contribution in [0, 0.1) is 0 Å². The molecule has 2 nitrogen and oxygen atoms in total. The minimum atomic E-state index is 0.00382. The van der Waals surface area contributed by atoms with Crippen LogP contribution in [0.3, 0.4) is 0 Å². The van der Waals surface area contributed by atoms with Crippen LogP contribution < -0.4 is 0 Å². The van der Waals surface area contributed by atoms with Crippen molar-refractivity contribution < 1.29 is 9.47 Å². The number of unbranched alkanes of at least 4 members (excludes halogenated alkanes) is 2. The summed E-state index contributed by atoms with van der Waals surface area (Å²) < 4.78 is 11.4. The Bertz CT molecular complexity index is 147. The summed E-state index contributed by atoms with van der Waals surface area (Å²) in [6, 6.07) is 0. The summed E-state index contributed by atoms with van der Waals surface area (Å²) in [5.41, 5.74) is 0. The number of halogens is 1. The van der Waals surface area contributed by atoms with E-state index in [9.17, 15) is 0 Å². The molecule has 3 heteroatoms. The summed E-state index contributed by atoms with van der Waals surface area (Å²) in [5, 5.41) is 0. The van der Waals surface area contributed by atoms with Crippen LogP contribution in [0.25, 0.3) is 0 Å². The van der Waals surface area contributed by atoms with Crippen molar-refractivity contribution in [3.05, 3.63) is 0 Å². The van der Waals surface area contributed by atoms with Gasteiger partial charge in [0, 0.05) is 12.5 Å². The quantitative estimate of drug-likeness (QED) is 0.494. The highest BCUT2D eigenvalue weighted by atomic mass is 35.5. The first kappa shape index (κ1) is 13.3. The summed E-state index contributed by atoms with van der Waals surface area (Å²) in [5.74, 6) is 0.587. The van der Waals surface area contributed by atoms with Crippen LogP contribution in [0.15, 0.2) is 0 Å².